The summed E-state index contributed by atoms with van der Waals surface area (Å²) in [6.45, 7) is 8.26. The first-order valence-electron chi connectivity index (χ1n) is 7.52. The quantitative estimate of drug-likeness (QED) is 0.918. The van der Waals surface area contributed by atoms with Crippen molar-refractivity contribution < 1.29 is 4.79 Å². The van der Waals surface area contributed by atoms with Crippen molar-refractivity contribution in [2.45, 2.75) is 25.3 Å². The summed E-state index contributed by atoms with van der Waals surface area (Å²) in [5.41, 5.74) is 0. The van der Waals surface area contributed by atoms with Crippen molar-refractivity contribution in [2.24, 2.45) is 0 Å². The van der Waals surface area contributed by atoms with Gasteiger partial charge in [-0.3, -0.25) is 9.69 Å². The topological polar surface area (TPSA) is 35.6 Å². The molecule has 2 fully saturated rings. The maximum Gasteiger partial charge on any atom is 0.230 e. The Kier molecular flexibility index (Phi) is 6.05. The number of hydrogen-bond acceptors (Lipinski definition) is 4. The lowest BCUT2D eigenvalue weighted by Gasteiger charge is -2.32. The molecule has 1 amide bonds. The Morgan fingerprint density at radius 2 is 2.14 bits per heavy atom. The van der Waals surface area contributed by atoms with Crippen molar-refractivity contribution >= 4 is 29.7 Å². The predicted molar refractivity (Wildman–Crippen MR) is 89.4 cm³/mol. The van der Waals surface area contributed by atoms with Crippen LogP contribution in [0.15, 0.2) is 17.5 Å². The molecule has 0 spiro atoms. The van der Waals surface area contributed by atoms with Crippen molar-refractivity contribution in [1.29, 1.82) is 0 Å². The number of thiophene rings is 1. The zero-order valence-electron chi connectivity index (χ0n) is 12.5. The molecule has 118 valence electrons. The normalized spacial score (nSPS) is 24.6. The van der Waals surface area contributed by atoms with Gasteiger partial charge in [0.25, 0.3) is 0 Å². The number of nitrogens with one attached hydrogen (secondary N) is 1. The van der Waals surface area contributed by atoms with Crippen LogP contribution in [0.2, 0.25) is 0 Å². The van der Waals surface area contributed by atoms with E-state index in [0.717, 1.165) is 45.7 Å². The molecule has 1 N–H and O–H groups in total. The Hall–Kier alpha value is -0.620. The van der Waals surface area contributed by atoms with Crippen LogP contribution in [0.5, 0.6) is 0 Å². The van der Waals surface area contributed by atoms with E-state index in [1.165, 1.54) is 4.88 Å². The number of rotatable bonds is 3. The molecular formula is C15H24ClN3OS. The van der Waals surface area contributed by atoms with Crippen LogP contribution >= 0.6 is 23.7 Å². The molecule has 1 aromatic heterocycles. The maximum atomic E-state index is 12.6. The third-order valence-corrected chi connectivity index (χ3v) is 5.54. The summed E-state index contributed by atoms with van der Waals surface area (Å²) < 4.78 is 0. The molecule has 2 saturated heterocycles. The van der Waals surface area contributed by atoms with Gasteiger partial charge in [-0.15, -0.1) is 23.7 Å². The van der Waals surface area contributed by atoms with Crippen LogP contribution < -0.4 is 5.32 Å². The minimum absolute atomic E-state index is 0. The summed E-state index contributed by atoms with van der Waals surface area (Å²) in [5, 5.41) is 5.44. The highest BCUT2D eigenvalue weighted by atomic mass is 35.5. The minimum atomic E-state index is 0. The smallest absolute Gasteiger partial charge is 0.230 e. The lowest BCUT2D eigenvalue weighted by atomic mass is 10.1. The fourth-order valence-corrected chi connectivity index (χ4v) is 4.00. The molecule has 3 rings (SSSR count). The number of piperazine rings is 1. The SMILES string of the molecule is CC(C(=O)N1CCC(N2CCNCC2)C1)c1cccs1.Cl. The third-order valence-electron chi connectivity index (χ3n) is 4.48. The Balaban J connectivity index is 0.00000161. The van der Waals surface area contributed by atoms with Crippen LogP contribution in [0, 0.1) is 0 Å². The Morgan fingerprint density at radius 1 is 1.38 bits per heavy atom. The van der Waals surface area contributed by atoms with Gasteiger partial charge in [-0.25, -0.2) is 0 Å². The van der Waals surface area contributed by atoms with Crippen molar-refractivity contribution in [1.82, 2.24) is 15.1 Å². The van der Waals surface area contributed by atoms with Gasteiger partial charge >= 0.3 is 0 Å². The monoisotopic (exact) mass is 329 g/mol. The number of halogens is 1. The molecular weight excluding hydrogens is 306 g/mol. The third kappa shape index (κ3) is 3.77. The molecule has 1 aromatic rings. The Bertz CT molecular complexity index is 448. The first-order chi connectivity index (χ1) is 9.75. The van der Waals surface area contributed by atoms with E-state index >= 15 is 0 Å². The first kappa shape index (κ1) is 16.7. The highest BCUT2D eigenvalue weighted by Crippen LogP contribution is 2.25. The van der Waals surface area contributed by atoms with Crippen molar-refractivity contribution in [2.75, 3.05) is 39.3 Å². The fourth-order valence-electron chi connectivity index (χ4n) is 3.22. The summed E-state index contributed by atoms with van der Waals surface area (Å²) in [5.74, 6) is 0.307. The second-order valence-corrected chi connectivity index (χ2v) is 6.73. The standard InChI is InChI=1S/C15H23N3OS.ClH/c1-12(14-3-2-10-20-14)15(19)18-7-4-13(11-18)17-8-5-16-6-9-17;/h2-3,10,12-13,16H,4-9,11H2,1H3;1H. The van der Waals surface area contributed by atoms with Gasteiger partial charge < -0.3 is 10.2 Å². The second-order valence-electron chi connectivity index (χ2n) is 5.75. The van der Waals surface area contributed by atoms with Crippen molar-refractivity contribution in [3.05, 3.63) is 22.4 Å². The average molecular weight is 330 g/mol. The number of amides is 1. The number of carbonyl (C=O) groups is 1. The second kappa shape index (κ2) is 7.58. The lowest BCUT2D eigenvalue weighted by molar-refractivity contribution is -0.131. The zero-order valence-corrected chi connectivity index (χ0v) is 14.1. The molecule has 0 saturated carbocycles. The van der Waals surface area contributed by atoms with E-state index in [1.807, 2.05) is 18.4 Å². The number of likely N-dealkylation sites (tertiary alicyclic amines) is 1. The summed E-state index contributed by atoms with van der Waals surface area (Å²) in [6, 6.07) is 4.66. The average Bonchev–Trinajstić information content (AvgIpc) is 3.18. The summed E-state index contributed by atoms with van der Waals surface area (Å²) in [4.78, 5) is 18.4. The molecule has 21 heavy (non-hydrogen) atoms. The summed E-state index contributed by atoms with van der Waals surface area (Å²) in [6.07, 6.45) is 1.13. The lowest BCUT2D eigenvalue weighted by Crippen LogP contribution is -2.49. The highest BCUT2D eigenvalue weighted by molar-refractivity contribution is 7.10. The van der Waals surface area contributed by atoms with Crippen LogP contribution in [0.25, 0.3) is 0 Å². The van der Waals surface area contributed by atoms with E-state index in [2.05, 4.69) is 21.2 Å². The zero-order chi connectivity index (χ0) is 13.9. The van der Waals surface area contributed by atoms with E-state index in [1.54, 1.807) is 11.3 Å². The Morgan fingerprint density at radius 3 is 2.81 bits per heavy atom. The van der Waals surface area contributed by atoms with E-state index in [9.17, 15) is 4.79 Å². The first-order valence-corrected chi connectivity index (χ1v) is 8.40. The summed E-state index contributed by atoms with van der Waals surface area (Å²) in [7, 11) is 0. The van der Waals surface area contributed by atoms with E-state index < -0.39 is 0 Å². The number of nitrogens with zero attached hydrogens (tertiary/aromatic N) is 2. The Labute approximate surface area is 136 Å². The predicted octanol–water partition coefficient (Wildman–Crippen LogP) is 1.78. The fraction of sp³-hybridized carbons (Fsp3) is 0.667. The highest BCUT2D eigenvalue weighted by Gasteiger charge is 2.33. The van der Waals surface area contributed by atoms with E-state index in [0.29, 0.717) is 11.9 Å². The van der Waals surface area contributed by atoms with Crippen LogP contribution in [-0.4, -0.2) is 61.0 Å². The molecule has 4 nitrogen and oxygen atoms in total. The molecule has 6 heteroatoms. The van der Waals surface area contributed by atoms with Gasteiger partial charge in [-0.2, -0.15) is 0 Å². The van der Waals surface area contributed by atoms with Gasteiger partial charge in [-0.05, 0) is 24.8 Å². The number of carbonyl (C=O) groups excluding carboxylic acids is 1. The van der Waals surface area contributed by atoms with Gasteiger partial charge in [0.1, 0.15) is 0 Å². The molecule has 0 aliphatic carbocycles. The van der Waals surface area contributed by atoms with Gasteiger partial charge in [0.2, 0.25) is 5.91 Å². The largest absolute Gasteiger partial charge is 0.341 e. The van der Waals surface area contributed by atoms with Gasteiger partial charge in [0, 0.05) is 50.2 Å². The van der Waals surface area contributed by atoms with Crippen LogP contribution in [0.1, 0.15) is 24.1 Å². The van der Waals surface area contributed by atoms with Gasteiger partial charge in [-0.1, -0.05) is 6.07 Å². The van der Waals surface area contributed by atoms with Crippen LogP contribution in [0.3, 0.4) is 0 Å². The summed E-state index contributed by atoms with van der Waals surface area (Å²) >= 11 is 1.68. The minimum Gasteiger partial charge on any atom is -0.341 e. The van der Waals surface area contributed by atoms with Gasteiger partial charge in [0.15, 0.2) is 0 Å². The van der Waals surface area contributed by atoms with E-state index in [4.69, 9.17) is 0 Å². The van der Waals surface area contributed by atoms with Gasteiger partial charge in [0.05, 0.1) is 5.92 Å². The molecule has 0 bridgehead atoms. The molecule has 0 radical (unpaired) electrons. The van der Waals surface area contributed by atoms with Crippen molar-refractivity contribution in [3.8, 4) is 0 Å². The van der Waals surface area contributed by atoms with Crippen molar-refractivity contribution in [3.63, 3.8) is 0 Å². The molecule has 0 aromatic carbocycles. The maximum absolute atomic E-state index is 12.6. The molecule has 2 atom stereocenters. The molecule has 2 unspecified atom stereocenters. The van der Waals surface area contributed by atoms with Crippen LogP contribution in [-0.2, 0) is 4.79 Å². The number of hydrogen-bond donors (Lipinski definition) is 1. The van der Waals surface area contributed by atoms with E-state index in [-0.39, 0.29) is 18.3 Å². The molecule has 3 heterocycles. The molecule has 2 aliphatic rings. The van der Waals surface area contributed by atoms with Crippen LogP contribution in [0.4, 0.5) is 0 Å². The molecule has 2 aliphatic heterocycles.